The largest absolute Gasteiger partial charge is 0.507 e. The summed E-state index contributed by atoms with van der Waals surface area (Å²) in [5.41, 5.74) is 3.53. The van der Waals surface area contributed by atoms with Gasteiger partial charge in [-0.1, -0.05) is 96.6 Å². The molecule has 3 aliphatic carbocycles. The lowest BCUT2D eigenvalue weighted by molar-refractivity contribution is -0.135. The molecule has 0 bridgehead atoms. The van der Waals surface area contributed by atoms with E-state index < -0.39 is 48.0 Å². The van der Waals surface area contributed by atoms with Gasteiger partial charge in [0.1, 0.15) is 5.75 Å². The molecule has 51 heavy (non-hydrogen) atoms. The molecule has 4 aliphatic rings. The number of aromatic hydroxyl groups is 1. The van der Waals surface area contributed by atoms with E-state index in [-0.39, 0.29) is 47.2 Å². The maximum atomic E-state index is 15.2. The first-order chi connectivity index (χ1) is 24.5. The second-order valence-corrected chi connectivity index (χ2v) is 14.3. The van der Waals surface area contributed by atoms with E-state index in [1.54, 1.807) is 26.0 Å². The molecule has 4 aromatic rings. The third-order valence-corrected chi connectivity index (χ3v) is 11.6. The quantitative estimate of drug-likeness (QED) is 0.158. The van der Waals surface area contributed by atoms with Crippen molar-refractivity contribution in [3.8, 4) is 5.75 Å². The van der Waals surface area contributed by atoms with E-state index in [2.05, 4.69) is 0 Å². The molecule has 6 unspecified atom stereocenters. The molecule has 0 radical (unpaired) electrons. The molecule has 1 saturated heterocycles. The Morgan fingerprint density at radius 3 is 2.12 bits per heavy atom. The van der Waals surface area contributed by atoms with E-state index in [0.29, 0.717) is 27.8 Å². The van der Waals surface area contributed by atoms with Crippen molar-refractivity contribution in [2.45, 2.75) is 38.0 Å². The summed E-state index contributed by atoms with van der Waals surface area (Å²) in [6.45, 7) is 3.61. The minimum absolute atomic E-state index is 0.147. The number of rotatable bonds is 5. The fourth-order valence-electron chi connectivity index (χ4n) is 9.48. The van der Waals surface area contributed by atoms with Crippen LogP contribution in [0, 0.1) is 37.5 Å². The van der Waals surface area contributed by atoms with Crippen molar-refractivity contribution in [2.24, 2.45) is 23.7 Å². The van der Waals surface area contributed by atoms with Gasteiger partial charge in [0.2, 0.25) is 11.8 Å². The molecule has 0 spiro atoms. The van der Waals surface area contributed by atoms with E-state index in [1.807, 2.05) is 78.9 Å². The summed E-state index contributed by atoms with van der Waals surface area (Å²) in [4.78, 5) is 60.0. The van der Waals surface area contributed by atoms with Crippen LogP contribution in [0.3, 0.4) is 0 Å². The Kier molecular flexibility index (Phi) is 7.81. The summed E-state index contributed by atoms with van der Waals surface area (Å²) in [6.07, 6.45) is 3.93. The lowest BCUT2D eigenvalue weighted by Crippen LogP contribution is -2.58. The number of fused-ring (bicyclic) bond motifs is 4. The number of carbonyl (C=O) groups excluding carboxylic acids is 4. The van der Waals surface area contributed by atoms with E-state index in [9.17, 15) is 24.7 Å². The molecule has 8 nitrogen and oxygen atoms in total. The molecule has 4 aromatic carbocycles. The van der Waals surface area contributed by atoms with Gasteiger partial charge in [-0.15, -0.1) is 0 Å². The Labute approximate surface area is 295 Å². The van der Waals surface area contributed by atoms with Gasteiger partial charge in [-0.3, -0.25) is 24.1 Å². The summed E-state index contributed by atoms with van der Waals surface area (Å²) < 4.78 is 0. The SMILES string of the molecule is Cc1cc(C2C3=CCC4C(=O)N(c5cccc(B(O)O)c5)C(=O)C4C3CC3C(=O)C(c4ccccc4)=CC(=O)C32c2ccccc2)cc(C)c1O. The molecule has 1 saturated carbocycles. The number of nitrogens with zero attached hydrogens (tertiary/aromatic N) is 1. The van der Waals surface area contributed by atoms with Crippen LogP contribution >= 0.6 is 0 Å². The van der Waals surface area contributed by atoms with Crippen LogP contribution in [0.15, 0.2) is 115 Å². The fourth-order valence-corrected chi connectivity index (χ4v) is 9.48. The zero-order valence-corrected chi connectivity index (χ0v) is 28.2. The molecular formula is C42H36BNO7. The Balaban J connectivity index is 1.36. The highest BCUT2D eigenvalue weighted by Gasteiger charge is 2.66. The average molecular weight is 678 g/mol. The molecule has 0 aromatic heterocycles. The standard InChI is InChI=1S/C42H36BNO7/c1-23-18-26(19-24(2)38(23)46)37-30-16-17-31-36(41(49)44(40(31)48)29-15-9-14-28(20-29)43(50)51)33(30)21-34-39(47)32(25-10-5-3-6-11-25)22-35(45)42(34,37)27-12-7-4-8-13-27/h3-16,18-20,22,31,33-34,36-37,46,50-51H,17,21H2,1-2H3. The third-order valence-electron chi connectivity index (χ3n) is 11.6. The number of phenolic OH excluding ortho intramolecular Hbond substituents is 1. The Morgan fingerprint density at radius 2 is 1.45 bits per heavy atom. The van der Waals surface area contributed by atoms with Crippen LogP contribution in [0.1, 0.15) is 46.6 Å². The van der Waals surface area contributed by atoms with Crippen LogP contribution in [0.2, 0.25) is 0 Å². The summed E-state index contributed by atoms with van der Waals surface area (Å²) >= 11 is 0. The number of phenols is 1. The van der Waals surface area contributed by atoms with E-state index >= 15 is 9.59 Å². The molecule has 6 atom stereocenters. The molecule has 2 amide bonds. The number of hydrogen-bond donors (Lipinski definition) is 3. The van der Waals surface area contributed by atoms with Crippen molar-refractivity contribution >= 4 is 47.2 Å². The summed E-state index contributed by atoms with van der Waals surface area (Å²) in [5, 5.41) is 30.5. The smallest absolute Gasteiger partial charge is 0.488 e. The third kappa shape index (κ3) is 4.83. The molecule has 9 heteroatoms. The summed E-state index contributed by atoms with van der Waals surface area (Å²) in [5.74, 6) is -4.65. The Bertz CT molecular complexity index is 2170. The number of amides is 2. The predicted octanol–water partition coefficient (Wildman–Crippen LogP) is 4.72. The van der Waals surface area contributed by atoms with Gasteiger partial charge < -0.3 is 15.2 Å². The van der Waals surface area contributed by atoms with Crippen LogP contribution in [0.5, 0.6) is 5.75 Å². The Hall–Kier alpha value is -5.38. The number of anilines is 1. The van der Waals surface area contributed by atoms with Crippen LogP contribution < -0.4 is 10.4 Å². The highest BCUT2D eigenvalue weighted by atomic mass is 16.4. The highest BCUT2D eigenvalue weighted by Crippen LogP contribution is 2.64. The van der Waals surface area contributed by atoms with Crippen LogP contribution in [-0.4, -0.2) is 45.7 Å². The second kappa shape index (κ2) is 12.1. The number of ketones is 2. The number of aryl methyl sites for hydroxylation is 2. The maximum absolute atomic E-state index is 15.2. The molecular weight excluding hydrogens is 641 g/mol. The number of carbonyl (C=O) groups is 4. The van der Waals surface area contributed by atoms with Crippen LogP contribution in [0.4, 0.5) is 5.69 Å². The fraction of sp³-hybridized carbons (Fsp3) is 0.238. The lowest BCUT2D eigenvalue weighted by atomic mass is 9.44. The van der Waals surface area contributed by atoms with E-state index in [1.165, 1.54) is 18.2 Å². The summed E-state index contributed by atoms with van der Waals surface area (Å²) in [6, 6.07) is 28.4. The van der Waals surface area contributed by atoms with Crippen LogP contribution in [-0.2, 0) is 24.6 Å². The molecule has 254 valence electrons. The summed E-state index contributed by atoms with van der Waals surface area (Å²) in [7, 11) is -1.78. The van der Waals surface area contributed by atoms with E-state index in [4.69, 9.17) is 0 Å². The number of imide groups is 1. The van der Waals surface area contributed by atoms with Gasteiger partial charge in [0.15, 0.2) is 11.6 Å². The molecule has 3 N–H and O–H groups in total. The Morgan fingerprint density at radius 1 is 0.784 bits per heavy atom. The first-order valence-corrected chi connectivity index (χ1v) is 17.3. The highest BCUT2D eigenvalue weighted by molar-refractivity contribution is 6.58. The van der Waals surface area contributed by atoms with Gasteiger partial charge >= 0.3 is 7.12 Å². The van der Waals surface area contributed by atoms with Crippen LogP contribution in [0.25, 0.3) is 5.57 Å². The van der Waals surface area contributed by atoms with Crippen molar-refractivity contribution in [1.29, 1.82) is 0 Å². The number of benzene rings is 4. The number of Topliss-reactive ketones (excluding diaryl/α,β-unsaturated/α-hetero) is 1. The zero-order chi connectivity index (χ0) is 35.8. The topological polar surface area (TPSA) is 132 Å². The van der Waals surface area contributed by atoms with Gasteiger partial charge in [-0.25, -0.2) is 0 Å². The predicted molar refractivity (Wildman–Crippen MR) is 193 cm³/mol. The van der Waals surface area contributed by atoms with E-state index in [0.717, 1.165) is 16.0 Å². The molecule has 2 fully saturated rings. The van der Waals surface area contributed by atoms with Gasteiger partial charge in [-0.05, 0) is 84.1 Å². The monoisotopic (exact) mass is 677 g/mol. The minimum Gasteiger partial charge on any atom is -0.507 e. The first kappa shape index (κ1) is 32.8. The first-order valence-electron chi connectivity index (χ1n) is 17.3. The van der Waals surface area contributed by atoms with Gasteiger partial charge in [-0.2, -0.15) is 0 Å². The zero-order valence-electron chi connectivity index (χ0n) is 28.2. The van der Waals surface area contributed by atoms with Crippen molar-refractivity contribution < 1.29 is 34.3 Å². The normalized spacial score (nSPS) is 27.0. The van der Waals surface area contributed by atoms with Crippen molar-refractivity contribution in [3.05, 3.63) is 143 Å². The van der Waals surface area contributed by atoms with Gasteiger partial charge in [0.05, 0.1) is 22.9 Å². The average Bonchev–Trinajstić information content (AvgIpc) is 3.40. The maximum Gasteiger partial charge on any atom is 0.488 e. The minimum atomic E-state index is -1.78. The van der Waals surface area contributed by atoms with Crippen molar-refractivity contribution in [2.75, 3.05) is 4.90 Å². The van der Waals surface area contributed by atoms with Crippen molar-refractivity contribution in [3.63, 3.8) is 0 Å². The number of hydrogen-bond acceptors (Lipinski definition) is 7. The van der Waals surface area contributed by atoms with Crippen molar-refractivity contribution in [1.82, 2.24) is 0 Å². The number of allylic oxidation sites excluding steroid dienone is 4. The molecule has 1 heterocycles. The van der Waals surface area contributed by atoms with Gasteiger partial charge in [0.25, 0.3) is 0 Å². The molecule has 8 rings (SSSR count). The second-order valence-electron chi connectivity index (χ2n) is 14.3. The molecule has 1 aliphatic heterocycles. The lowest BCUT2D eigenvalue weighted by Gasteiger charge is -2.55. The van der Waals surface area contributed by atoms with Gasteiger partial charge in [0, 0.05) is 17.4 Å².